The second-order valence-corrected chi connectivity index (χ2v) is 10.1. The molecule has 0 bridgehead atoms. The SMILES string of the molecule is Cc1ccc(N(CC(C)C)S(=O)(=O)c2ccc(CCc3ccncc3)cc2)c(C)c1. The molecule has 158 valence electrons. The normalized spacial score (nSPS) is 11.6. The average molecular weight is 423 g/mol. The van der Waals surface area contributed by atoms with Crippen LogP contribution in [0, 0.1) is 19.8 Å². The Hall–Kier alpha value is -2.66. The van der Waals surface area contributed by atoms with Gasteiger partial charge in [0.25, 0.3) is 10.0 Å². The second kappa shape index (κ2) is 9.43. The van der Waals surface area contributed by atoms with Gasteiger partial charge < -0.3 is 0 Å². The smallest absolute Gasteiger partial charge is 0.264 e. The molecule has 0 aliphatic heterocycles. The van der Waals surface area contributed by atoms with Crippen LogP contribution in [0.25, 0.3) is 0 Å². The number of benzene rings is 2. The summed E-state index contributed by atoms with van der Waals surface area (Å²) in [5.41, 5.74) is 5.17. The lowest BCUT2D eigenvalue weighted by molar-refractivity contribution is 0.577. The molecule has 0 aliphatic carbocycles. The Bertz CT molecular complexity index is 1080. The first-order valence-electron chi connectivity index (χ1n) is 10.3. The molecular weight excluding hydrogens is 392 g/mol. The molecule has 3 aromatic rings. The van der Waals surface area contributed by atoms with Gasteiger partial charge in [0.2, 0.25) is 0 Å². The molecule has 2 aromatic carbocycles. The molecule has 1 aromatic heterocycles. The molecule has 30 heavy (non-hydrogen) atoms. The maximum absolute atomic E-state index is 13.5. The van der Waals surface area contributed by atoms with Crippen molar-refractivity contribution in [3.63, 3.8) is 0 Å². The summed E-state index contributed by atoms with van der Waals surface area (Å²) in [6, 6.07) is 17.2. The van der Waals surface area contributed by atoms with Gasteiger partial charge in [-0.2, -0.15) is 0 Å². The summed E-state index contributed by atoms with van der Waals surface area (Å²) >= 11 is 0. The molecule has 4 nitrogen and oxygen atoms in total. The summed E-state index contributed by atoms with van der Waals surface area (Å²) in [5.74, 6) is 0.208. The van der Waals surface area contributed by atoms with Gasteiger partial charge in [0.05, 0.1) is 10.6 Å². The van der Waals surface area contributed by atoms with Gasteiger partial charge in [0, 0.05) is 18.9 Å². The fourth-order valence-electron chi connectivity index (χ4n) is 3.54. The molecule has 0 saturated heterocycles. The van der Waals surface area contributed by atoms with Crippen LogP contribution in [0.2, 0.25) is 0 Å². The molecule has 0 amide bonds. The quantitative estimate of drug-likeness (QED) is 0.493. The van der Waals surface area contributed by atoms with Gasteiger partial charge in [-0.15, -0.1) is 0 Å². The molecule has 3 rings (SSSR count). The molecule has 0 radical (unpaired) electrons. The summed E-state index contributed by atoms with van der Waals surface area (Å²) in [4.78, 5) is 4.37. The number of aromatic nitrogens is 1. The van der Waals surface area contributed by atoms with Crippen LogP contribution < -0.4 is 4.31 Å². The highest BCUT2D eigenvalue weighted by molar-refractivity contribution is 7.92. The molecule has 0 aliphatic rings. The predicted octanol–water partition coefficient (Wildman–Crippen LogP) is 5.33. The van der Waals surface area contributed by atoms with Crippen LogP contribution in [-0.4, -0.2) is 19.9 Å². The predicted molar refractivity (Wildman–Crippen MR) is 123 cm³/mol. The first-order valence-corrected chi connectivity index (χ1v) is 11.8. The standard InChI is InChI=1S/C25H30N2O2S/c1-19(2)18-27(25-12-5-20(3)17-21(25)4)30(28,29)24-10-8-22(9-11-24)6-7-23-13-15-26-16-14-23/h5,8-17,19H,6-7,18H2,1-4H3. The number of anilines is 1. The molecule has 0 spiro atoms. The first kappa shape index (κ1) is 22.0. The average Bonchev–Trinajstić information content (AvgIpc) is 2.72. The van der Waals surface area contributed by atoms with Gasteiger partial charge in [0.15, 0.2) is 0 Å². The van der Waals surface area contributed by atoms with Crippen molar-refractivity contribution in [1.82, 2.24) is 4.98 Å². The monoisotopic (exact) mass is 422 g/mol. The number of pyridine rings is 1. The van der Waals surface area contributed by atoms with Crippen molar-refractivity contribution >= 4 is 15.7 Å². The van der Waals surface area contributed by atoms with E-state index in [0.29, 0.717) is 11.4 Å². The van der Waals surface area contributed by atoms with Gasteiger partial charge >= 0.3 is 0 Å². The lowest BCUT2D eigenvalue weighted by atomic mass is 10.1. The molecule has 0 atom stereocenters. The largest absolute Gasteiger partial charge is 0.266 e. The van der Waals surface area contributed by atoms with Crippen molar-refractivity contribution in [3.8, 4) is 0 Å². The fraction of sp³-hybridized carbons (Fsp3) is 0.320. The number of hydrogen-bond acceptors (Lipinski definition) is 3. The van der Waals surface area contributed by atoms with E-state index < -0.39 is 10.0 Å². The van der Waals surface area contributed by atoms with Crippen LogP contribution in [0.1, 0.15) is 36.1 Å². The summed E-state index contributed by atoms with van der Waals surface area (Å²) in [7, 11) is -3.64. The van der Waals surface area contributed by atoms with Crippen LogP contribution >= 0.6 is 0 Å². The van der Waals surface area contributed by atoms with E-state index >= 15 is 0 Å². The minimum Gasteiger partial charge on any atom is -0.266 e. The van der Waals surface area contributed by atoms with E-state index in [2.05, 4.69) is 4.98 Å². The van der Waals surface area contributed by atoms with Gasteiger partial charge in [-0.25, -0.2) is 8.42 Å². The van der Waals surface area contributed by atoms with Crippen LogP contribution in [0.4, 0.5) is 5.69 Å². The van der Waals surface area contributed by atoms with Crippen LogP contribution in [0.3, 0.4) is 0 Å². The molecule has 0 saturated carbocycles. The minimum absolute atomic E-state index is 0.208. The fourth-order valence-corrected chi connectivity index (χ4v) is 5.23. The number of aryl methyl sites for hydroxylation is 4. The van der Waals surface area contributed by atoms with E-state index in [4.69, 9.17) is 0 Å². The third-order valence-electron chi connectivity index (χ3n) is 5.12. The molecule has 1 heterocycles. The van der Waals surface area contributed by atoms with Crippen molar-refractivity contribution in [2.75, 3.05) is 10.8 Å². The van der Waals surface area contributed by atoms with Gasteiger partial charge in [-0.1, -0.05) is 43.7 Å². The second-order valence-electron chi connectivity index (χ2n) is 8.22. The first-order chi connectivity index (χ1) is 14.3. The Morgan fingerprint density at radius 2 is 1.47 bits per heavy atom. The van der Waals surface area contributed by atoms with Crippen molar-refractivity contribution in [2.45, 2.75) is 45.4 Å². The van der Waals surface area contributed by atoms with Crippen molar-refractivity contribution in [3.05, 3.63) is 89.2 Å². The molecule has 0 fully saturated rings. The van der Waals surface area contributed by atoms with E-state index in [1.165, 1.54) is 5.56 Å². The molecule has 5 heteroatoms. The van der Waals surface area contributed by atoms with Gasteiger partial charge in [0.1, 0.15) is 0 Å². The van der Waals surface area contributed by atoms with Crippen molar-refractivity contribution in [2.24, 2.45) is 5.92 Å². The maximum atomic E-state index is 13.5. The van der Waals surface area contributed by atoms with E-state index in [-0.39, 0.29) is 5.92 Å². The lowest BCUT2D eigenvalue weighted by Crippen LogP contribution is -2.34. The Kier molecular flexibility index (Phi) is 6.93. The molecule has 0 unspecified atom stereocenters. The zero-order valence-electron chi connectivity index (χ0n) is 18.2. The third-order valence-corrected chi connectivity index (χ3v) is 6.91. The highest BCUT2D eigenvalue weighted by Gasteiger charge is 2.26. The minimum atomic E-state index is -3.64. The topological polar surface area (TPSA) is 50.3 Å². The number of sulfonamides is 1. The molecular formula is C25H30N2O2S. The van der Waals surface area contributed by atoms with Crippen molar-refractivity contribution < 1.29 is 8.42 Å². The van der Waals surface area contributed by atoms with E-state index in [9.17, 15) is 8.42 Å². The Morgan fingerprint density at radius 1 is 0.867 bits per heavy atom. The summed E-state index contributed by atoms with van der Waals surface area (Å²) < 4.78 is 28.6. The highest BCUT2D eigenvalue weighted by Crippen LogP contribution is 2.29. The van der Waals surface area contributed by atoms with Gasteiger partial charge in [-0.3, -0.25) is 9.29 Å². The van der Waals surface area contributed by atoms with Crippen LogP contribution in [0.5, 0.6) is 0 Å². The maximum Gasteiger partial charge on any atom is 0.264 e. The Morgan fingerprint density at radius 3 is 2.03 bits per heavy atom. The summed E-state index contributed by atoms with van der Waals surface area (Å²) in [6.07, 6.45) is 5.34. The van der Waals surface area contributed by atoms with Gasteiger partial charge in [-0.05, 0) is 79.6 Å². The number of rotatable bonds is 8. The third kappa shape index (κ3) is 5.28. The summed E-state index contributed by atoms with van der Waals surface area (Å²) in [5, 5.41) is 0. The van der Waals surface area contributed by atoms with E-state index in [1.54, 1.807) is 28.8 Å². The number of nitrogens with zero attached hydrogens (tertiary/aromatic N) is 2. The number of hydrogen-bond donors (Lipinski definition) is 0. The Balaban J connectivity index is 1.85. The summed E-state index contributed by atoms with van der Waals surface area (Å²) in [6.45, 7) is 8.49. The molecule has 0 N–H and O–H groups in total. The van der Waals surface area contributed by atoms with Crippen LogP contribution in [-0.2, 0) is 22.9 Å². The zero-order valence-corrected chi connectivity index (χ0v) is 19.0. The lowest BCUT2D eigenvalue weighted by Gasteiger charge is -2.28. The van der Waals surface area contributed by atoms with E-state index in [1.807, 2.05) is 70.2 Å². The zero-order chi connectivity index (χ0) is 21.7. The highest BCUT2D eigenvalue weighted by atomic mass is 32.2. The van der Waals surface area contributed by atoms with Crippen LogP contribution in [0.15, 0.2) is 71.9 Å². The van der Waals surface area contributed by atoms with Crippen molar-refractivity contribution in [1.29, 1.82) is 0 Å². The van der Waals surface area contributed by atoms with E-state index in [0.717, 1.165) is 35.2 Å². The Labute approximate surface area is 180 Å².